The van der Waals surface area contributed by atoms with Crippen LogP contribution in [0.2, 0.25) is 0 Å². The van der Waals surface area contributed by atoms with Gasteiger partial charge >= 0.3 is 0 Å². The third-order valence-corrected chi connectivity index (χ3v) is 6.25. The number of benzene rings is 3. The lowest BCUT2D eigenvalue weighted by Gasteiger charge is -2.12. The molecule has 0 bridgehead atoms. The topological polar surface area (TPSA) is 59.8 Å². The smallest absolute Gasteiger partial charge is 0.234 e. The summed E-state index contributed by atoms with van der Waals surface area (Å²) in [5.41, 5.74) is 6.56. The van der Waals surface area contributed by atoms with E-state index in [2.05, 4.69) is 64.3 Å². The fraction of sp³-hybridized carbons (Fsp3) is 0.192. The standard InChI is InChI=1S/C26H26N4OS/c1-18-9-12-22(13-10-18)27-25(31)17-32-26-29-28-24(16-21-7-5-4-6-8-21)30(26)23-14-11-19(2)20(3)15-23/h4-15H,16-17H2,1-3H3,(H,27,31). The first-order chi connectivity index (χ1) is 15.5. The number of nitrogens with one attached hydrogen (secondary N) is 1. The minimum absolute atomic E-state index is 0.0712. The van der Waals surface area contributed by atoms with Gasteiger partial charge in [-0.15, -0.1) is 10.2 Å². The van der Waals surface area contributed by atoms with Crippen LogP contribution in [0.3, 0.4) is 0 Å². The third-order valence-electron chi connectivity index (χ3n) is 5.32. The first-order valence-corrected chi connectivity index (χ1v) is 11.5. The van der Waals surface area contributed by atoms with E-state index in [0.717, 1.165) is 22.8 Å². The van der Waals surface area contributed by atoms with Crippen LogP contribution in [0.1, 0.15) is 28.1 Å². The summed E-state index contributed by atoms with van der Waals surface area (Å²) >= 11 is 1.39. The van der Waals surface area contributed by atoms with Crippen molar-refractivity contribution in [1.82, 2.24) is 14.8 Å². The number of aromatic nitrogens is 3. The van der Waals surface area contributed by atoms with Gasteiger partial charge in [0, 0.05) is 17.8 Å². The minimum Gasteiger partial charge on any atom is -0.325 e. The zero-order chi connectivity index (χ0) is 22.5. The molecule has 0 aliphatic carbocycles. The molecule has 0 atom stereocenters. The van der Waals surface area contributed by atoms with Crippen LogP contribution in [0, 0.1) is 20.8 Å². The molecule has 4 rings (SSSR count). The summed E-state index contributed by atoms with van der Waals surface area (Å²) in [5, 5.41) is 12.6. The predicted octanol–water partition coefficient (Wildman–Crippen LogP) is 5.51. The molecule has 1 amide bonds. The van der Waals surface area contributed by atoms with Gasteiger partial charge in [0.15, 0.2) is 5.16 Å². The molecular weight excluding hydrogens is 416 g/mol. The maximum Gasteiger partial charge on any atom is 0.234 e. The molecule has 0 saturated carbocycles. The highest BCUT2D eigenvalue weighted by molar-refractivity contribution is 7.99. The van der Waals surface area contributed by atoms with Crippen molar-refractivity contribution in [3.63, 3.8) is 0 Å². The largest absolute Gasteiger partial charge is 0.325 e. The first-order valence-electron chi connectivity index (χ1n) is 10.5. The summed E-state index contributed by atoms with van der Waals surface area (Å²) < 4.78 is 2.06. The molecule has 0 aliphatic rings. The molecule has 1 N–H and O–H groups in total. The van der Waals surface area contributed by atoms with Crippen molar-refractivity contribution in [2.45, 2.75) is 32.3 Å². The van der Waals surface area contributed by atoms with Crippen LogP contribution in [-0.2, 0) is 11.2 Å². The van der Waals surface area contributed by atoms with Crippen LogP contribution < -0.4 is 5.32 Å². The number of nitrogens with zero attached hydrogens (tertiary/aromatic N) is 3. The maximum absolute atomic E-state index is 12.5. The van der Waals surface area contributed by atoms with Crippen molar-refractivity contribution < 1.29 is 4.79 Å². The molecule has 6 heteroatoms. The second-order valence-electron chi connectivity index (χ2n) is 7.87. The summed E-state index contributed by atoms with van der Waals surface area (Å²) in [7, 11) is 0. The number of aryl methyl sites for hydroxylation is 3. The van der Waals surface area contributed by atoms with E-state index in [4.69, 9.17) is 0 Å². The van der Waals surface area contributed by atoms with Gasteiger partial charge in [-0.2, -0.15) is 0 Å². The lowest BCUT2D eigenvalue weighted by atomic mass is 10.1. The van der Waals surface area contributed by atoms with Crippen LogP contribution >= 0.6 is 11.8 Å². The molecule has 162 valence electrons. The highest BCUT2D eigenvalue weighted by atomic mass is 32.2. The van der Waals surface area contributed by atoms with Crippen LogP contribution in [0.25, 0.3) is 5.69 Å². The Morgan fingerprint density at radius 3 is 2.38 bits per heavy atom. The van der Waals surface area contributed by atoms with Crippen molar-refractivity contribution in [3.05, 3.63) is 101 Å². The lowest BCUT2D eigenvalue weighted by molar-refractivity contribution is -0.113. The molecule has 4 aromatic rings. The number of hydrogen-bond acceptors (Lipinski definition) is 4. The number of rotatable bonds is 7. The van der Waals surface area contributed by atoms with Gasteiger partial charge < -0.3 is 5.32 Å². The summed E-state index contributed by atoms with van der Waals surface area (Å²) in [6.45, 7) is 6.22. The monoisotopic (exact) mass is 442 g/mol. The molecule has 0 radical (unpaired) electrons. The fourth-order valence-corrected chi connectivity index (χ4v) is 4.15. The molecule has 0 aliphatic heterocycles. The Kier molecular flexibility index (Phi) is 6.71. The molecule has 0 saturated heterocycles. The van der Waals surface area contributed by atoms with E-state index < -0.39 is 0 Å². The maximum atomic E-state index is 12.5. The average molecular weight is 443 g/mol. The molecule has 5 nitrogen and oxygen atoms in total. The minimum atomic E-state index is -0.0712. The number of amides is 1. The number of carbonyl (C=O) groups excluding carboxylic acids is 1. The number of anilines is 1. The Balaban J connectivity index is 1.57. The van der Waals surface area contributed by atoms with Gasteiger partial charge in [-0.3, -0.25) is 9.36 Å². The molecular formula is C26H26N4OS. The highest BCUT2D eigenvalue weighted by Gasteiger charge is 2.17. The van der Waals surface area contributed by atoms with E-state index >= 15 is 0 Å². The average Bonchev–Trinajstić information content (AvgIpc) is 3.19. The van der Waals surface area contributed by atoms with Gasteiger partial charge in [0.25, 0.3) is 0 Å². The van der Waals surface area contributed by atoms with Gasteiger partial charge in [0.1, 0.15) is 5.82 Å². The first kappa shape index (κ1) is 21.8. The van der Waals surface area contributed by atoms with E-state index in [1.807, 2.05) is 49.4 Å². The quantitative estimate of drug-likeness (QED) is 0.383. The predicted molar refractivity (Wildman–Crippen MR) is 131 cm³/mol. The normalized spacial score (nSPS) is 10.8. The molecule has 1 aromatic heterocycles. The molecule has 0 fully saturated rings. The van der Waals surface area contributed by atoms with Crippen molar-refractivity contribution in [3.8, 4) is 5.69 Å². The van der Waals surface area contributed by atoms with Gasteiger partial charge in [-0.25, -0.2) is 0 Å². The van der Waals surface area contributed by atoms with E-state index in [0.29, 0.717) is 11.6 Å². The molecule has 0 unspecified atom stereocenters. The van der Waals surface area contributed by atoms with E-state index in [1.165, 1.54) is 28.5 Å². The van der Waals surface area contributed by atoms with E-state index in [9.17, 15) is 4.79 Å². The van der Waals surface area contributed by atoms with Crippen molar-refractivity contribution in [2.24, 2.45) is 0 Å². The van der Waals surface area contributed by atoms with Crippen LogP contribution in [-0.4, -0.2) is 26.4 Å². The molecule has 3 aromatic carbocycles. The Morgan fingerprint density at radius 1 is 0.906 bits per heavy atom. The summed E-state index contributed by atoms with van der Waals surface area (Å²) in [4.78, 5) is 12.5. The highest BCUT2D eigenvalue weighted by Crippen LogP contribution is 2.25. The lowest BCUT2D eigenvalue weighted by Crippen LogP contribution is -2.14. The van der Waals surface area contributed by atoms with Crippen LogP contribution in [0.4, 0.5) is 5.69 Å². The third kappa shape index (κ3) is 5.26. The number of thioether (sulfide) groups is 1. The summed E-state index contributed by atoms with van der Waals surface area (Å²) in [6, 6.07) is 24.3. The van der Waals surface area contributed by atoms with Crippen molar-refractivity contribution in [2.75, 3.05) is 11.1 Å². The Hall–Kier alpha value is -3.38. The number of carbonyl (C=O) groups is 1. The fourth-order valence-electron chi connectivity index (χ4n) is 3.37. The van der Waals surface area contributed by atoms with Gasteiger partial charge in [-0.05, 0) is 61.7 Å². The van der Waals surface area contributed by atoms with Crippen LogP contribution in [0.5, 0.6) is 0 Å². The zero-order valence-electron chi connectivity index (χ0n) is 18.5. The Labute approximate surface area is 192 Å². The van der Waals surface area contributed by atoms with Crippen LogP contribution in [0.15, 0.2) is 78.0 Å². The van der Waals surface area contributed by atoms with E-state index in [-0.39, 0.29) is 11.7 Å². The summed E-state index contributed by atoms with van der Waals surface area (Å²) in [6.07, 6.45) is 0.664. The molecule has 0 spiro atoms. The zero-order valence-corrected chi connectivity index (χ0v) is 19.3. The Morgan fingerprint density at radius 2 is 1.66 bits per heavy atom. The number of hydrogen-bond donors (Lipinski definition) is 1. The second kappa shape index (κ2) is 9.83. The van der Waals surface area contributed by atoms with Gasteiger partial charge in [-0.1, -0.05) is 65.9 Å². The van der Waals surface area contributed by atoms with Crippen molar-refractivity contribution >= 4 is 23.4 Å². The van der Waals surface area contributed by atoms with E-state index in [1.54, 1.807) is 0 Å². The van der Waals surface area contributed by atoms with Gasteiger partial charge in [0.05, 0.1) is 5.75 Å². The Bertz CT molecular complexity index is 1220. The summed E-state index contributed by atoms with van der Waals surface area (Å²) in [5.74, 6) is 1.03. The second-order valence-corrected chi connectivity index (χ2v) is 8.81. The SMILES string of the molecule is Cc1ccc(NC(=O)CSc2nnc(Cc3ccccc3)n2-c2ccc(C)c(C)c2)cc1. The van der Waals surface area contributed by atoms with Gasteiger partial charge in [0.2, 0.25) is 5.91 Å². The molecule has 32 heavy (non-hydrogen) atoms. The molecule has 1 heterocycles. The van der Waals surface area contributed by atoms with Crippen molar-refractivity contribution in [1.29, 1.82) is 0 Å².